The first-order chi connectivity index (χ1) is 7.25. The van der Waals surface area contributed by atoms with Gasteiger partial charge in [0.2, 0.25) is 17.5 Å². The normalized spacial score (nSPS) is 21.5. The predicted octanol–water partition coefficient (Wildman–Crippen LogP) is 0.814. The summed E-state index contributed by atoms with van der Waals surface area (Å²) in [6.45, 7) is 3.54. The summed E-state index contributed by atoms with van der Waals surface area (Å²) in [7, 11) is 0. The van der Waals surface area contributed by atoms with Gasteiger partial charge >= 0.3 is 0 Å². The van der Waals surface area contributed by atoms with Gasteiger partial charge in [-0.3, -0.25) is 4.79 Å². The van der Waals surface area contributed by atoms with Gasteiger partial charge < -0.3 is 9.84 Å². The molecule has 5 nitrogen and oxygen atoms in total. The first-order valence-corrected chi connectivity index (χ1v) is 5.30. The van der Waals surface area contributed by atoms with Crippen LogP contribution in [0.15, 0.2) is 4.52 Å². The molecule has 1 aromatic heterocycles. The first-order valence-electron chi connectivity index (χ1n) is 5.30. The van der Waals surface area contributed by atoms with Crippen molar-refractivity contribution in [3.05, 3.63) is 11.7 Å². The van der Waals surface area contributed by atoms with Crippen LogP contribution in [-0.2, 0) is 6.42 Å². The van der Waals surface area contributed by atoms with Gasteiger partial charge in [-0.15, -0.1) is 0 Å². The molecule has 15 heavy (non-hydrogen) atoms. The molecule has 2 rings (SSSR count). The van der Waals surface area contributed by atoms with Crippen LogP contribution < -0.4 is 5.32 Å². The van der Waals surface area contributed by atoms with E-state index in [9.17, 15) is 4.79 Å². The van der Waals surface area contributed by atoms with Crippen molar-refractivity contribution >= 4 is 5.78 Å². The van der Waals surface area contributed by atoms with Crippen molar-refractivity contribution in [2.45, 2.75) is 26.2 Å². The smallest absolute Gasteiger partial charge is 0.238 e. The van der Waals surface area contributed by atoms with E-state index in [0.717, 1.165) is 19.5 Å². The molecule has 0 amide bonds. The minimum Gasteiger partial charge on any atom is -0.339 e. The summed E-state index contributed by atoms with van der Waals surface area (Å²) < 4.78 is 5.02. The van der Waals surface area contributed by atoms with E-state index in [1.807, 2.05) is 0 Å². The highest BCUT2D eigenvalue weighted by Crippen LogP contribution is 2.15. The van der Waals surface area contributed by atoms with Crippen LogP contribution in [0, 0.1) is 5.92 Å². The fraction of sp³-hybridized carbons (Fsp3) is 0.700. The Morgan fingerprint density at radius 1 is 1.67 bits per heavy atom. The van der Waals surface area contributed by atoms with E-state index in [1.165, 1.54) is 19.8 Å². The highest BCUT2D eigenvalue weighted by molar-refractivity contribution is 5.89. The molecule has 1 fully saturated rings. The molecule has 1 aliphatic heterocycles. The van der Waals surface area contributed by atoms with E-state index in [2.05, 4.69) is 15.5 Å². The molecule has 1 saturated heterocycles. The maximum atomic E-state index is 11.0. The number of Topliss-reactive ketones (excluding diaryl/α,β-unsaturated/α-hetero) is 1. The average molecular weight is 209 g/mol. The zero-order valence-corrected chi connectivity index (χ0v) is 8.82. The van der Waals surface area contributed by atoms with Gasteiger partial charge in [-0.05, 0) is 31.8 Å². The fourth-order valence-corrected chi connectivity index (χ4v) is 1.83. The maximum absolute atomic E-state index is 11.0. The van der Waals surface area contributed by atoms with Crippen molar-refractivity contribution in [3.63, 3.8) is 0 Å². The van der Waals surface area contributed by atoms with E-state index in [-0.39, 0.29) is 11.6 Å². The number of nitrogens with one attached hydrogen (secondary N) is 1. The first kappa shape index (κ1) is 10.3. The Kier molecular flexibility index (Phi) is 3.11. The minimum absolute atomic E-state index is 0.147. The lowest BCUT2D eigenvalue weighted by Crippen LogP contribution is -2.30. The number of rotatable bonds is 3. The van der Waals surface area contributed by atoms with Gasteiger partial charge in [0.25, 0.3) is 0 Å². The molecule has 1 N–H and O–H groups in total. The van der Waals surface area contributed by atoms with E-state index in [1.54, 1.807) is 0 Å². The van der Waals surface area contributed by atoms with Gasteiger partial charge in [0.15, 0.2) is 0 Å². The van der Waals surface area contributed by atoms with Gasteiger partial charge in [0, 0.05) is 13.3 Å². The average Bonchev–Trinajstić information content (AvgIpc) is 2.68. The lowest BCUT2D eigenvalue weighted by atomic mass is 9.96. The van der Waals surface area contributed by atoms with Crippen LogP contribution in [0.2, 0.25) is 0 Å². The van der Waals surface area contributed by atoms with Crippen molar-refractivity contribution in [3.8, 4) is 0 Å². The lowest BCUT2D eigenvalue weighted by molar-refractivity contribution is 0.100. The van der Waals surface area contributed by atoms with Gasteiger partial charge in [-0.2, -0.15) is 4.98 Å². The number of ketones is 1. The van der Waals surface area contributed by atoms with Crippen molar-refractivity contribution in [1.29, 1.82) is 0 Å². The molecule has 0 spiro atoms. The van der Waals surface area contributed by atoms with E-state index >= 15 is 0 Å². The second-order valence-electron chi connectivity index (χ2n) is 3.98. The zero-order valence-electron chi connectivity index (χ0n) is 8.82. The summed E-state index contributed by atoms with van der Waals surface area (Å²) in [5.41, 5.74) is 0. The van der Waals surface area contributed by atoms with Crippen LogP contribution in [0.5, 0.6) is 0 Å². The molecule has 0 aromatic carbocycles. The Hall–Kier alpha value is -1.23. The maximum Gasteiger partial charge on any atom is 0.238 e. The minimum atomic E-state index is -0.147. The summed E-state index contributed by atoms with van der Waals surface area (Å²) in [6, 6.07) is 0. The Balaban J connectivity index is 1.94. The number of carbonyl (C=O) groups excluding carboxylic acids is 1. The number of aromatic nitrogens is 2. The van der Waals surface area contributed by atoms with Gasteiger partial charge in [-0.25, -0.2) is 0 Å². The van der Waals surface area contributed by atoms with E-state index < -0.39 is 0 Å². The Morgan fingerprint density at radius 2 is 2.53 bits per heavy atom. The monoisotopic (exact) mass is 209 g/mol. The topological polar surface area (TPSA) is 68.0 Å². The van der Waals surface area contributed by atoms with Crippen molar-refractivity contribution in [2.75, 3.05) is 13.1 Å². The number of piperidine rings is 1. The second-order valence-corrected chi connectivity index (χ2v) is 3.98. The molecule has 0 aliphatic carbocycles. The van der Waals surface area contributed by atoms with Gasteiger partial charge in [-0.1, -0.05) is 5.16 Å². The summed E-state index contributed by atoms with van der Waals surface area (Å²) in [6.07, 6.45) is 3.15. The Morgan fingerprint density at radius 3 is 3.13 bits per heavy atom. The summed E-state index contributed by atoms with van der Waals surface area (Å²) in [5.74, 6) is 1.17. The molecular weight excluding hydrogens is 194 g/mol. The highest BCUT2D eigenvalue weighted by atomic mass is 16.5. The van der Waals surface area contributed by atoms with Crippen molar-refractivity contribution in [1.82, 2.24) is 15.5 Å². The summed E-state index contributed by atoms with van der Waals surface area (Å²) in [4.78, 5) is 15.0. The largest absolute Gasteiger partial charge is 0.339 e. The Bertz CT molecular complexity index is 342. The fourth-order valence-electron chi connectivity index (χ4n) is 1.83. The van der Waals surface area contributed by atoms with E-state index in [4.69, 9.17) is 4.52 Å². The zero-order chi connectivity index (χ0) is 10.7. The molecule has 0 saturated carbocycles. The number of hydrogen-bond acceptors (Lipinski definition) is 5. The summed E-state index contributed by atoms with van der Waals surface area (Å²) in [5, 5.41) is 6.95. The van der Waals surface area contributed by atoms with E-state index in [0.29, 0.717) is 11.8 Å². The third kappa shape index (κ3) is 2.62. The van der Waals surface area contributed by atoms with Crippen LogP contribution >= 0.6 is 0 Å². The van der Waals surface area contributed by atoms with Crippen LogP contribution in [0.4, 0.5) is 0 Å². The molecule has 1 aromatic rings. The number of hydrogen-bond donors (Lipinski definition) is 1. The van der Waals surface area contributed by atoms with Crippen LogP contribution in [0.25, 0.3) is 0 Å². The standard InChI is InChI=1S/C10H15N3O2/c1-7(14)10-12-9(15-13-10)5-8-3-2-4-11-6-8/h8,11H,2-6H2,1H3. The third-order valence-corrected chi connectivity index (χ3v) is 2.65. The molecule has 1 atom stereocenters. The molecule has 0 radical (unpaired) electrons. The van der Waals surface area contributed by atoms with Crippen LogP contribution in [0.1, 0.15) is 36.3 Å². The van der Waals surface area contributed by atoms with Crippen LogP contribution in [-0.4, -0.2) is 29.0 Å². The van der Waals surface area contributed by atoms with Crippen LogP contribution in [0.3, 0.4) is 0 Å². The van der Waals surface area contributed by atoms with Gasteiger partial charge in [0.05, 0.1) is 0 Å². The van der Waals surface area contributed by atoms with Crippen molar-refractivity contribution < 1.29 is 9.32 Å². The quantitative estimate of drug-likeness (QED) is 0.746. The molecule has 1 unspecified atom stereocenters. The second kappa shape index (κ2) is 4.53. The predicted molar refractivity (Wildman–Crippen MR) is 53.6 cm³/mol. The Labute approximate surface area is 88.2 Å². The number of nitrogens with zero attached hydrogens (tertiary/aromatic N) is 2. The number of carbonyl (C=O) groups is 1. The lowest BCUT2D eigenvalue weighted by Gasteiger charge is -2.20. The molecule has 82 valence electrons. The molecule has 0 bridgehead atoms. The molecule has 1 aliphatic rings. The molecule has 5 heteroatoms. The van der Waals surface area contributed by atoms with Gasteiger partial charge in [0.1, 0.15) is 0 Å². The SMILES string of the molecule is CC(=O)c1noc(CC2CCCNC2)n1. The van der Waals surface area contributed by atoms with Crippen molar-refractivity contribution in [2.24, 2.45) is 5.92 Å². The highest BCUT2D eigenvalue weighted by Gasteiger charge is 2.18. The molecular formula is C10H15N3O2. The molecule has 2 heterocycles. The summed E-state index contributed by atoms with van der Waals surface area (Å²) >= 11 is 0. The third-order valence-electron chi connectivity index (χ3n) is 2.65.